The third kappa shape index (κ3) is 10.8. The van der Waals surface area contributed by atoms with Gasteiger partial charge in [0.15, 0.2) is 0 Å². The van der Waals surface area contributed by atoms with Crippen LogP contribution in [0.15, 0.2) is 0 Å². The molecule has 0 atom stereocenters. The molecular formula is C6H20N4. The van der Waals surface area contributed by atoms with Gasteiger partial charge in [-0.25, -0.2) is 0 Å². The lowest BCUT2D eigenvalue weighted by Crippen LogP contribution is -2.21. The highest BCUT2D eigenvalue weighted by atomic mass is 14.8. The Labute approximate surface area is 62.9 Å². The number of hydrogen-bond acceptors (Lipinski definition) is 4. The highest BCUT2D eigenvalue weighted by Gasteiger charge is 1.83. The molecule has 0 unspecified atom stereocenters. The first kappa shape index (κ1) is 12.5. The van der Waals surface area contributed by atoms with E-state index >= 15 is 0 Å². The molecule has 0 heterocycles. The molecule has 4 heteroatoms. The summed E-state index contributed by atoms with van der Waals surface area (Å²) >= 11 is 0. The molecule has 0 aromatic carbocycles. The number of hydrogen-bond donors (Lipinski definition) is 4. The summed E-state index contributed by atoms with van der Waals surface area (Å²) in [6.45, 7) is 3.60. The van der Waals surface area contributed by atoms with Crippen LogP contribution in [-0.2, 0) is 0 Å². The molecule has 0 amide bonds. The minimum Gasteiger partial charge on any atom is -0.344 e. The molecule has 0 aliphatic rings. The van der Waals surface area contributed by atoms with Crippen LogP contribution in [0.5, 0.6) is 0 Å². The van der Waals surface area contributed by atoms with Crippen LogP contribution in [0.4, 0.5) is 0 Å². The van der Waals surface area contributed by atoms with E-state index in [1.807, 2.05) is 0 Å². The number of nitrogens with two attached hydrogens (primary N) is 2. The Balaban J connectivity index is 0. The summed E-state index contributed by atoms with van der Waals surface area (Å²) in [5, 5.41) is 3.23. The average molecular weight is 148 g/mol. The van der Waals surface area contributed by atoms with Gasteiger partial charge in [0.1, 0.15) is 0 Å². The first-order valence-electron chi connectivity index (χ1n) is 3.52. The minimum atomic E-state index is 0. The van der Waals surface area contributed by atoms with Gasteiger partial charge in [-0.05, 0) is 39.0 Å². The van der Waals surface area contributed by atoms with Gasteiger partial charge in [-0.15, -0.1) is 0 Å². The average Bonchev–Trinajstić information content (AvgIpc) is 1.89. The summed E-state index contributed by atoms with van der Waals surface area (Å²) in [6, 6.07) is 0. The first-order valence-corrected chi connectivity index (χ1v) is 3.52. The number of rotatable bonds is 6. The van der Waals surface area contributed by atoms with Crippen molar-refractivity contribution < 1.29 is 0 Å². The van der Waals surface area contributed by atoms with Gasteiger partial charge in [0, 0.05) is 0 Å². The maximum Gasteiger partial charge on any atom is -0.00369 e. The van der Waals surface area contributed by atoms with E-state index in [0.29, 0.717) is 0 Å². The van der Waals surface area contributed by atoms with E-state index in [1.54, 1.807) is 0 Å². The summed E-state index contributed by atoms with van der Waals surface area (Å²) in [6.07, 6.45) is 2.12. The van der Waals surface area contributed by atoms with Crippen LogP contribution in [-0.4, -0.2) is 26.2 Å². The van der Waals surface area contributed by atoms with Crippen LogP contribution < -0.4 is 22.9 Å². The molecule has 10 heavy (non-hydrogen) atoms. The Bertz CT molecular complexity index is 43.0. The summed E-state index contributed by atoms with van der Waals surface area (Å²) in [5.41, 5.74) is 10.6. The normalized spacial score (nSPS) is 9.00. The quantitative estimate of drug-likeness (QED) is 0.379. The SMILES string of the molecule is N.NCCCNCCCN. The second-order valence-electron chi connectivity index (χ2n) is 2.03. The minimum absolute atomic E-state index is 0. The van der Waals surface area contributed by atoms with Gasteiger partial charge >= 0.3 is 0 Å². The van der Waals surface area contributed by atoms with Crippen LogP contribution in [0.3, 0.4) is 0 Å². The van der Waals surface area contributed by atoms with Crippen molar-refractivity contribution in [1.29, 1.82) is 0 Å². The van der Waals surface area contributed by atoms with Crippen molar-refractivity contribution in [2.24, 2.45) is 11.5 Å². The molecule has 0 rings (SSSR count). The molecule has 4 nitrogen and oxygen atoms in total. The van der Waals surface area contributed by atoms with Crippen molar-refractivity contribution in [2.75, 3.05) is 26.2 Å². The van der Waals surface area contributed by atoms with Gasteiger partial charge < -0.3 is 22.9 Å². The van der Waals surface area contributed by atoms with Crippen molar-refractivity contribution >= 4 is 0 Å². The van der Waals surface area contributed by atoms with E-state index in [4.69, 9.17) is 11.5 Å². The molecule has 0 saturated carbocycles. The lowest BCUT2D eigenvalue weighted by Gasteiger charge is -2.00. The predicted octanol–water partition coefficient (Wildman–Crippen LogP) is -0.564. The smallest absolute Gasteiger partial charge is 0.00369 e. The second-order valence-corrected chi connectivity index (χ2v) is 2.03. The standard InChI is InChI=1S/C6H17N3.H3N/c7-3-1-5-9-6-2-4-8;/h9H,1-8H2;1H3. The van der Waals surface area contributed by atoms with Crippen LogP contribution in [0.2, 0.25) is 0 Å². The lowest BCUT2D eigenvalue weighted by molar-refractivity contribution is 0.631. The van der Waals surface area contributed by atoms with Gasteiger partial charge in [-0.1, -0.05) is 0 Å². The van der Waals surface area contributed by atoms with Crippen LogP contribution >= 0.6 is 0 Å². The highest BCUT2D eigenvalue weighted by molar-refractivity contribution is 4.48. The summed E-state index contributed by atoms with van der Waals surface area (Å²) < 4.78 is 0. The third-order valence-corrected chi connectivity index (χ3v) is 1.12. The van der Waals surface area contributed by atoms with E-state index in [0.717, 1.165) is 39.0 Å². The Morgan fingerprint density at radius 2 is 1.30 bits per heavy atom. The maximum absolute atomic E-state index is 5.28. The predicted molar refractivity (Wildman–Crippen MR) is 45.2 cm³/mol. The van der Waals surface area contributed by atoms with E-state index in [2.05, 4.69) is 5.32 Å². The van der Waals surface area contributed by atoms with E-state index in [9.17, 15) is 0 Å². The van der Waals surface area contributed by atoms with Crippen LogP contribution in [0.1, 0.15) is 12.8 Å². The molecule has 0 aromatic rings. The Morgan fingerprint density at radius 3 is 1.60 bits per heavy atom. The van der Waals surface area contributed by atoms with Gasteiger partial charge in [0.25, 0.3) is 0 Å². The van der Waals surface area contributed by atoms with Crippen molar-refractivity contribution in [3.63, 3.8) is 0 Å². The first-order chi connectivity index (χ1) is 4.41. The molecule has 0 saturated heterocycles. The van der Waals surface area contributed by atoms with Crippen LogP contribution in [0, 0.1) is 0 Å². The lowest BCUT2D eigenvalue weighted by atomic mass is 10.4. The summed E-state index contributed by atoms with van der Waals surface area (Å²) in [5.74, 6) is 0. The molecule has 64 valence electrons. The molecule has 0 aromatic heterocycles. The molecule has 0 aliphatic heterocycles. The van der Waals surface area contributed by atoms with Crippen molar-refractivity contribution in [2.45, 2.75) is 12.8 Å². The summed E-state index contributed by atoms with van der Waals surface area (Å²) in [7, 11) is 0. The van der Waals surface area contributed by atoms with Crippen molar-refractivity contribution in [3.8, 4) is 0 Å². The van der Waals surface area contributed by atoms with E-state index < -0.39 is 0 Å². The molecule has 0 fully saturated rings. The zero-order valence-electron chi connectivity index (χ0n) is 6.60. The topological polar surface area (TPSA) is 99.1 Å². The molecule has 0 radical (unpaired) electrons. The molecule has 0 spiro atoms. The second kappa shape index (κ2) is 11.6. The molecule has 0 aliphatic carbocycles. The fraction of sp³-hybridized carbons (Fsp3) is 1.00. The Morgan fingerprint density at radius 1 is 0.900 bits per heavy atom. The van der Waals surface area contributed by atoms with Crippen LogP contribution in [0.25, 0.3) is 0 Å². The van der Waals surface area contributed by atoms with Gasteiger partial charge in [-0.2, -0.15) is 0 Å². The fourth-order valence-corrected chi connectivity index (χ4v) is 0.579. The zero-order chi connectivity index (χ0) is 6.95. The van der Waals surface area contributed by atoms with Crippen molar-refractivity contribution in [3.05, 3.63) is 0 Å². The molecule has 8 N–H and O–H groups in total. The van der Waals surface area contributed by atoms with Gasteiger partial charge in [0.2, 0.25) is 0 Å². The van der Waals surface area contributed by atoms with E-state index in [1.165, 1.54) is 0 Å². The Kier molecular flexibility index (Phi) is 14.5. The van der Waals surface area contributed by atoms with Gasteiger partial charge in [-0.3, -0.25) is 0 Å². The zero-order valence-corrected chi connectivity index (χ0v) is 6.60. The molecular weight excluding hydrogens is 128 g/mol. The summed E-state index contributed by atoms with van der Waals surface area (Å²) in [4.78, 5) is 0. The Hall–Kier alpha value is -0.160. The third-order valence-electron chi connectivity index (χ3n) is 1.12. The van der Waals surface area contributed by atoms with Gasteiger partial charge in [0.05, 0.1) is 0 Å². The monoisotopic (exact) mass is 148 g/mol. The van der Waals surface area contributed by atoms with E-state index in [-0.39, 0.29) is 6.15 Å². The molecule has 0 bridgehead atoms. The number of nitrogens with one attached hydrogen (secondary N) is 1. The highest BCUT2D eigenvalue weighted by Crippen LogP contribution is 1.72. The largest absolute Gasteiger partial charge is 0.344 e. The van der Waals surface area contributed by atoms with Crippen molar-refractivity contribution in [1.82, 2.24) is 11.5 Å². The fourth-order valence-electron chi connectivity index (χ4n) is 0.579. The maximum atomic E-state index is 5.28.